The standard InChI is InChI=1S/C88H72F3N5/c1-49-36-53(5)80(54(6)37-49)63-26-31-74-68(44-63)69-45-64(81-55(7)38-50(2)39-56(81)8)27-32-75(69)95(74)78-35-30-67(87-93-85(61-20-15-13-16-21-61)92-86(94-87)62-22-17-14-18-23-62)48-72(78)84-73(88(89,90)91)24-19-25-79(84)96-76-33-28-65(82-57(9)40-51(3)41-58(82)10)46-70(76)71-47-66(29-34-77(71)96)83-59(11)42-52(4)43-60(83)12/h13-48H,1-12H3. The number of hydrogen-bond acceptors (Lipinski definition) is 3. The van der Waals surface area contributed by atoms with Gasteiger partial charge in [-0.2, -0.15) is 13.2 Å². The zero-order valence-electron chi connectivity index (χ0n) is 56.2. The Kier molecular flexibility index (Phi) is 15.0. The molecule has 470 valence electrons. The molecule has 0 amide bonds. The van der Waals surface area contributed by atoms with Gasteiger partial charge in [-0.3, -0.25) is 0 Å². The van der Waals surface area contributed by atoms with E-state index in [4.69, 9.17) is 15.0 Å². The lowest BCUT2D eigenvalue weighted by atomic mass is 9.91. The van der Waals surface area contributed by atoms with Crippen molar-refractivity contribution in [1.29, 1.82) is 0 Å². The smallest absolute Gasteiger partial charge is 0.309 e. The number of halogens is 3. The molecule has 0 saturated carbocycles. The molecule has 15 rings (SSSR count). The molecule has 0 saturated heterocycles. The summed E-state index contributed by atoms with van der Waals surface area (Å²) in [5.41, 5.74) is 28.5. The summed E-state index contributed by atoms with van der Waals surface area (Å²) in [5.74, 6) is 1.18. The fraction of sp³-hybridized carbons (Fsp3) is 0.148. The highest BCUT2D eigenvalue weighted by atomic mass is 19.4. The normalized spacial score (nSPS) is 11.9. The van der Waals surface area contributed by atoms with Gasteiger partial charge in [-0.05, 0) is 251 Å². The Morgan fingerprint density at radius 2 is 0.562 bits per heavy atom. The average molecular weight is 1260 g/mol. The van der Waals surface area contributed by atoms with Crippen LogP contribution in [-0.4, -0.2) is 24.1 Å². The van der Waals surface area contributed by atoms with Crippen LogP contribution in [0.2, 0.25) is 0 Å². The fourth-order valence-corrected chi connectivity index (χ4v) is 16.0. The molecule has 0 aliphatic rings. The largest absolute Gasteiger partial charge is 0.417 e. The van der Waals surface area contributed by atoms with Gasteiger partial charge in [-0.25, -0.2) is 15.0 Å². The summed E-state index contributed by atoms with van der Waals surface area (Å²) < 4.78 is 55.5. The highest BCUT2D eigenvalue weighted by Gasteiger charge is 2.37. The maximum absolute atomic E-state index is 17.1. The fourth-order valence-electron chi connectivity index (χ4n) is 16.0. The SMILES string of the molecule is Cc1cc(C)c(-c2ccc3c(c2)c2cc(-c4c(C)cc(C)cc4C)ccc2n3-c2ccc(-c3nc(-c4ccccc4)nc(-c4ccccc4)n3)cc2-c2c(-n3c4ccc(-c5c(C)cc(C)cc5C)cc4c4cc(-c5c(C)cc(C)cc5C)ccc43)cccc2C(F)(F)F)c(C)c1. The quantitative estimate of drug-likeness (QED) is 0.137. The van der Waals surface area contributed by atoms with E-state index in [9.17, 15) is 0 Å². The van der Waals surface area contributed by atoms with E-state index in [1.54, 1.807) is 6.07 Å². The third-order valence-corrected chi connectivity index (χ3v) is 19.4. The maximum atomic E-state index is 17.1. The van der Waals surface area contributed by atoms with Gasteiger partial charge >= 0.3 is 6.18 Å². The lowest BCUT2D eigenvalue weighted by molar-refractivity contribution is -0.137. The van der Waals surface area contributed by atoms with Gasteiger partial charge in [-0.15, -0.1) is 0 Å². The van der Waals surface area contributed by atoms with E-state index in [2.05, 4.69) is 214 Å². The molecular formula is C88H72F3N5. The molecule has 96 heavy (non-hydrogen) atoms. The minimum absolute atomic E-state index is 0.00456. The molecule has 0 atom stereocenters. The summed E-state index contributed by atoms with van der Waals surface area (Å²) in [5, 5.41) is 3.77. The highest BCUT2D eigenvalue weighted by molar-refractivity contribution is 6.14. The van der Waals surface area contributed by atoms with Crippen molar-refractivity contribution in [2.24, 2.45) is 0 Å². The van der Waals surface area contributed by atoms with Crippen molar-refractivity contribution in [3.05, 3.63) is 291 Å². The molecule has 5 nitrogen and oxygen atoms in total. The van der Waals surface area contributed by atoms with Crippen LogP contribution in [0.25, 0.3) is 145 Å². The number of fused-ring (bicyclic) bond motifs is 6. The van der Waals surface area contributed by atoms with Crippen molar-refractivity contribution in [2.45, 2.75) is 89.3 Å². The van der Waals surface area contributed by atoms with Gasteiger partial charge in [0, 0.05) is 49.4 Å². The van der Waals surface area contributed by atoms with Crippen molar-refractivity contribution >= 4 is 43.6 Å². The number of hydrogen-bond donors (Lipinski definition) is 0. The van der Waals surface area contributed by atoms with E-state index in [0.29, 0.717) is 40.0 Å². The van der Waals surface area contributed by atoms with E-state index in [0.717, 1.165) is 122 Å². The van der Waals surface area contributed by atoms with Crippen LogP contribution in [0.15, 0.2) is 218 Å². The van der Waals surface area contributed by atoms with Crippen molar-refractivity contribution in [1.82, 2.24) is 24.1 Å². The van der Waals surface area contributed by atoms with Crippen LogP contribution in [0.1, 0.15) is 72.3 Å². The zero-order valence-corrected chi connectivity index (χ0v) is 56.2. The first-order chi connectivity index (χ1) is 46.1. The zero-order chi connectivity index (χ0) is 66.7. The maximum Gasteiger partial charge on any atom is 0.417 e. The highest BCUT2D eigenvalue weighted by Crippen LogP contribution is 2.50. The van der Waals surface area contributed by atoms with E-state index < -0.39 is 11.7 Å². The van der Waals surface area contributed by atoms with Crippen molar-refractivity contribution < 1.29 is 13.2 Å². The third-order valence-electron chi connectivity index (χ3n) is 19.4. The number of benzene rings is 12. The average Bonchev–Trinajstić information content (AvgIpc) is 1.56. The van der Waals surface area contributed by atoms with Gasteiger partial charge < -0.3 is 9.13 Å². The van der Waals surface area contributed by atoms with Gasteiger partial charge in [0.1, 0.15) is 0 Å². The van der Waals surface area contributed by atoms with E-state index in [1.165, 1.54) is 50.6 Å². The molecule has 0 aliphatic carbocycles. The van der Waals surface area contributed by atoms with Gasteiger partial charge in [0.15, 0.2) is 17.5 Å². The van der Waals surface area contributed by atoms with Crippen LogP contribution < -0.4 is 0 Å². The Labute approximate surface area is 558 Å². The number of rotatable bonds is 10. The monoisotopic (exact) mass is 1260 g/mol. The molecule has 15 aromatic rings. The Bertz CT molecular complexity index is 5330. The predicted molar refractivity (Wildman–Crippen MR) is 394 cm³/mol. The topological polar surface area (TPSA) is 48.5 Å². The van der Waals surface area contributed by atoms with Crippen LogP contribution in [0.3, 0.4) is 0 Å². The summed E-state index contributed by atoms with van der Waals surface area (Å²) >= 11 is 0. The van der Waals surface area contributed by atoms with Crippen LogP contribution in [0.5, 0.6) is 0 Å². The van der Waals surface area contributed by atoms with Crippen molar-refractivity contribution in [3.63, 3.8) is 0 Å². The third kappa shape index (κ3) is 10.6. The molecular weight excluding hydrogens is 1180 g/mol. The molecule has 0 spiro atoms. The molecule has 8 heteroatoms. The second kappa shape index (κ2) is 23.5. The Morgan fingerprint density at radius 3 is 0.885 bits per heavy atom. The molecule has 0 radical (unpaired) electrons. The molecule has 12 aromatic carbocycles. The summed E-state index contributed by atoms with van der Waals surface area (Å²) in [6.45, 7) is 25.8. The summed E-state index contributed by atoms with van der Waals surface area (Å²) in [7, 11) is 0. The lowest BCUT2D eigenvalue weighted by Gasteiger charge is -2.23. The lowest BCUT2D eigenvalue weighted by Crippen LogP contribution is -2.11. The number of alkyl halides is 3. The molecule has 0 aliphatic heterocycles. The summed E-state index contributed by atoms with van der Waals surface area (Å²) in [6, 6.07) is 73.9. The van der Waals surface area contributed by atoms with Crippen LogP contribution >= 0.6 is 0 Å². The minimum Gasteiger partial charge on any atom is -0.309 e. The Morgan fingerprint density at radius 1 is 0.260 bits per heavy atom. The van der Waals surface area contributed by atoms with E-state index >= 15 is 13.2 Å². The number of aromatic nitrogens is 5. The Hall–Kier alpha value is -11.0. The Balaban J connectivity index is 1.08. The summed E-state index contributed by atoms with van der Waals surface area (Å²) in [4.78, 5) is 15.5. The van der Waals surface area contributed by atoms with Gasteiger partial charge in [0.25, 0.3) is 0 Å². The van der Waals surface area contributed by atoms with Crippen LogP contribution in [0, 0.1) is 83.1 Å². The number of aryl methyl sites for hydroxylation is 12. The molecule has 3 heterocycles. The van der Waals surface area contributed by atoms with Gasteiger partial charge in [-0.1, -0.05) is 162 Å². The second-order valence-electron chi connectivity index (χ2n) is 26.7. The first kappa shape index (κ1) is 61.2. The minimum atomic E-state index is -4.84. The summed E-state index contributed by atoms with van der Waals surface area (Å²) in [6.07, 6.45) is -4.84. The molecule has 0 fully saturated rings. The first-order valence-corrected chi connectivity index (χ1v) is 32.9. The first-order valence-electron chi connectivity index (χ1n) is 32.9. The molecule has 0 bridgehead atoms. The molecule has 0 N–H and O–H groups in total. The predicted octanol–water partition coefficient (Wildman–Crippen LogP) is 24.1. The van der Waals surface area contributed by atoms with Gasteiger partial charge in [0.2, 0.25) is 0 Å². The van der Waals surface area contributed by atoms with E-state index in [-0.39, 0.29) is 5.56 Å². The second-order valence-corrected chi connectivity index (χ2v) is 26.7. The van der Waals surface area contributed by atoms with Crippen LogP contribution in [-0.2, 0) is 6.18 Å². The number of nitrogens with zero attached hydrogens (tertiary/aromatic N) is 5. The van der Waals surface area contributed by atoms with Gasteiger partial charge in [0.05, 0.1) is 39.0 Å². The molecule has 0 unspecified atom stereocenters. The molecule has 3 aromatic heterocycles. The van der Waals surface area contributed by atoms with Crippen molar-refractivity contribution in [3.8, 4) is 101 Å². The van der Waals surface area contributed by atoms with Crippen molar-refractivity contribution in [2.75, 3.05) is 0 Å². The van der Waals surface area contributed by atoms with E-state index in [1.807, 2.05) is 84.9 Å². The van der Waals surface area contributed by atoms with Crippen LogP contribution in [0.4, 0.5) is 13.2 Å².